The van der Waals surface area contributed by atoms with Crippen molar-refractivity contribution in [2.24, 2.45) is 5.92 Å². The molecule has 152 valence electrons. The topological polar surface area (TPSA) is 34.5 Å². The number of ketones is 1. The van der Waals surface area contributed by atoms with E-state index in [9.17, 15) is 4.79 Å². The molecule has 0 bridgehead atoms. The lowest BCUT2D eigenvalue weighted by Crippen LogP contribution is -2.29. The SMILES string of the molecule is C[C@H](Cn1cc(C(=O)[C@@H]2COc3ccc(Cl)cc3C2)c2ccc(Br)cc21)N(C)C. The van der Waals surface area contributed by atoms with E-state index in [4.69, 9.17) is 16.3 Å². The monoisotopic (exact) mass is 474 g/mol. The molecule has 29 heavy (non-hydrogen) atoms. The number of hydrogen-bond donors (Lipinski definition) is 0. The minimum Gasteiger partial charge on any atom is -0.493 e. The predicted molar refractivity (Wildman–Crippen MR) is 121 cm³/mol. The van der Waals surface area contributed by atoms with Gasteiger partial charge in [0.1, 0.15) is 5.75 Å². The number of ether oxygens (including phenoxy) is 1. The molecule has 0 fully saturated rings. The number of benzene rings is 2. The summed E-state index contributed by atoms with van der Waals surface area (Å²) >= 11 is 9.71. The average Bonchev–Trinajstić information content (AvgIpc) is 3.04. The van der Waals surface area contributed by atoms with Gasteiger partial charge in [0.25, 0.3) is 0 Å². The number of carbonyl (C=O) groups is 1. The fourth-order valence-corrected chi connectivity index (χ4v) is 4.36. The van der Waals surface area contributed by atoms with Crippen LogP contribution in [0.15, 0.2) is 47.1 Å². The first-order valence-electron chi connectivity index (χ1n) is 9.73. The van der Waals surface area contributed by atoms with Gasteiger partial charge in [-0.25, -0.2) is 0 Å². The van der Waals surface area contributed by atoms with E-state index >= 15 is 0 Å². The van der Waals surface area contributed by atoms with E-state index in [0.29, 0.717) is 24.1 Å². The molecule has 2 heterocycles. The highest BCUT2D eigenvalue weighted by Crippen LogP contribution is 2.33. The summed E-state index contributed by atoms with van der Waals surface area (Å²) in [6.45, 7) is 3.39. The summed E-state index contributed by atoms with van der Waals surface area (Å²) in [5.74, 6) is 0.735. The Labute approximate surface area is 184 Å². The fraction of sp³-hybridized carbons (Fsp3) is 0.348. The summed E-state index contributed by atoms with van der Waals surface area (Å²) in [7, 11) is 4.14. The van der Waals surface area contributed by atoms with Crippen molar-refractivity contribution in [2.45, 2.75) is 25.9 Å². The Kier molecular flexibility index (Phi) is 5.74. The quantitative estimate of drug-likeness (QED) is 0.461. The second-order valence-electron chi connectivity index (χ2n) is 8.00. The van der Waals surface area contributed by atoms with Crippen molar-refractivity contribution in [3.05, 3.63) is 63.2 Å². The number of Topliss-reactive ketones (excluding diaryl/α,β-unsaturated/α-hetero) is 1. The number of carbonyl (C=O) groups excluding carboxylic acids is 1. The molecular formula is C23H24BrClN2O2. The van der Waals surface area contributed by atoms with Crippen molar-refractivity contribution in [1.29, 1.82) is 0 Å². The zero-order chi connectivity index (χ0) is 20.7. The zero-order valence-electron chi connectivity index (χ0n) is 16.8. The number of fused-ring (bicyclic) bond motifs is 2. The Morgan fingerprint density at radius 3 is 2.86 bits per heavy atom. The van der Waals surface area contributed by atoms with Gasteiger partial charge in [-0.2, -0.15) is 0 Å². The molecule has 0 saturated carbocycles. The maximum atomic E-state index is 13.5. The number of nitrogens with zero attached hydrogens (tertiary/aromatic N) is 2. The van der Waals surface area contributed by atoms with Crippen molar-refractivity contribution < 1.29 is 9.53 Å². The molecular weight excluding hydrogens is 452 g/mol. The number of aromatic nitrogens is 1. The van der Waals surface area contributed by atoms with Gasteiger partial charge in [0.2, 0.25) is 0 Å². The van der Waals surface area contributed by atoms with Crippen molar-refractivity contribution in [1.82, 2.24) is 9.47 Å². The molecule has 0 spiro atoms. The van der Waals surface area contributed by atoms with Gasteiger partial charge in [0, 0.05) is 44.7 Å². The van der Waals surface area contributed by atoms with Crippen LogP contribution >= 0.6 is 27.5 Å². The first-order valence-corrected chi connectivity index (χ1v) is 10.9. The van der Waals surface area contributed by atoms with Crippen LogP contribution < -0.4 is 4.74 Å². The molecule has 0 aliphatic carbocycles. The van der Waals surface area contributed by atoms with Crippen molar-refractivity contribution in [3.8, 4) is 5.75 Å². The van der Waals surface area contributed by atoms with E-state index in [1.165, 1.54) is 0 Å². The molecule has 0 amide bonds. The van der Waals surface area contributed by atoms with Crippen LogP contribution in [0.3, 0.4) is 0 Å². The molecule has 2 atom stereocenters. The molecule has 0 unspecified atom stereocenters. The van der Waals surface area contributed by atoms with Crippen LogP contribution in [0, 0.1) is 5.92 Å². The van der Waals surface area contributed by atoms with Gasteiger partial charge in [0.05, 0.1) is 12.5 Å². The maximum Gasteiger partial charge on any atom is 0.171 e. The van der Waals surface area contributed by atoms with Crippen LogP contribution in [0.1, 0.15) is 22.8 Å². The molecule has 4 rings (SSSR count). The minimum atomic E-state index is -0.213. The second-order valence-corrected chi connectivity index (χ2v) is 9.35. The van der Waals surface area contributed by atoms with Crippen molar-refractivity contribution in [2.75, 3.05) is 20.7 Å². The first-order chi connectivity index (χ1) is 13.8. The predicted octanol–water partition coefficient (Wildman–Crippen LogP) is 5.44. The molecule has 1 aliphatic rings. The first kappa shape index (κ1) is 20.5. The molecule has 6 heteroatoms. The Hall–Kier alpha value is -1.82. The number of halogens is 2. The highest BCUT2D eigenvalue weighted by atomic mass is 79.9. The molecule has 1 aromatic heterocycles. The smallest absolute Gasteiger partial charge is 0.171 e. The average molecular weight is 476 g/mol. The third-order valence-corrected chi connectivity index (χ3v) is 6.48. The van der Waals surface area contributed by atoms with Crippen LogP contribution in [0.2, 0.25) is 5.02 Å². The molecule has 0 saturated heterocycles. The van der Waals surface area contributed by atoms with E-state index in [2.05, 4.69) is 52.5 Å². The Bertz CT molecular complexity index is 1080. The molecule has 0 radical (unpaired) electrons. The van der Waals surface area contributed by atoms with Gasteiger partial charge in [-0.1, -0.05) is 33.6 Å². The second kappa shape index (κ2) is 8.13. The summed E-state index contributed by atoms with van der Waals surface area (Å²) in [6, 6.07) is 12.0. The third-order valence-electron chi connectivity index (χ3n) is 5.75. The van der Waals surface area contributed by atoms with Crippen LogP contribution in [-0.4, -0.2) is 42.0 Å². The Morgan fingerprint density at radius 1 is 1.31 bits per heavy atom. The molecule has 2 aromatic carbocycles. The molecule has 1 aliphatic heterocycles. The number of hydrogen-bond acceptors (Lipinski definition) is 3. The van der Waals surface area contributed by atoms with Gasteiger partial charge in [-0.3, -0.25) is 4.79 Å². The standard InChI is InChI=1S/C23H24BrClN2O2/c1-14(26(2)3)11-27-12-20(19-6-4-17(24)10-21(19)27)23(28)16-8-15-9-18(25)5-7-22(15)29-13-16/h4-7,9-10,12,14,16H,8,11,13H2,1-3H3/t14-,16+/m1/s1. The summed E-state index contributed by atoms with van der Waals surface area (Å²) in [6.07, 6.45) is 2.65. The van der Waals surface area contributed by atoms with Gasteiger partial charge < -0.3 is 14.2 Å². The third kappa shape index (κ3) is 4.09. The fourth-order valence-electron chi connectivity index (χ4n) is 3.81. The summed E-state index contributed by atoms with van der Waals surface area (Å²) in [4.78, 5) is 15.7. The van der Waals surface area contributed by atoms with E-state index in [-0.39, 0.29) is 11.7 Å². The van der Waals surface area contributed by atoms with Crippen LogP contribution in [0.4, 0.5) is 0 Å². The van der Waals surface area contributed by atoms with E-state index in [1.54, 1.807) is 0 Å². The van der Waals surface area contributed by atoms with Crippen molar-refractivity contribution in [3.63, 3.8) is 0 Å². The van der Waals surface area contributed by atoms with Gasteiger partial charge >= 0.3 is 0 Å². The van der Waals surface area contributed by atoms with Gasteiger partial charge in [-0.05, 0) is 63.3 Å². The number of likely N-dealkylation sites (N-methyl/N-ethyl adjacent to an activating group) is 1. The molecule has 4 nitrogen and oxygen atoms in total. The Morgan fingerprint density at radius 2 is 2.10 bits per heavy atom. The highest BCUT2D eigenvalue weighted by Gasteiger charge is 2.29. The van der Waals surface area contributed by atoms with Gasteiger partial charge in [0.15, 0.2) is 5.78 Å². The lowest BCUT2D eigenvalue weighted by atomic mass is 9.89. The largest absolute Gasteiger partial charge is 0.493 e. The van der Waals surface area contributed by atoms with Crippen molar-refractivity contribution >= 4 is 44.2 Å². The molecule has 3 aromatic rings. The lowest BCUT2D eigenvalue weighted by molar-refractivity contribution is 0.0856. The minimum absolute atomic E-state index is 0.124. The van der Waals surface area contributed by atoms with Crippen LogP contribution in [0.25, 0.3) is 10.9 Å². The highest BCUT2D eigenvalue weighted by molar-refractivity contribution is 9.10. The van der Waals surface area contributed by atoms with E-state index in [0.717, 1.165) is 38.8 Å². The summed E-state index contributed by atoms with van der Waals surface area (Å²) < 4.78 is 9.06. The zero-order valence-corrected chi connectivity index (χ0v) is 19.1. The summed E-state index contributed by atoms with van der Waals surface area (Å²) in [5, 5.41) is 1.65. The molecule has 0 N–H and O–H groups in total. The lowest BCUT2D eigenvalue weighted by Gasteiger charge is -2.24. The maximum absolute atomic E-state index is 13.5. The Balaban J connectivity index is 1.69. The van der Waals surface area contributed by atoms with Crippen LogP contribution in [0.5, 0.6) is 5.75 Å². The van der Waals surface area contributed by atoms with E-state index < -0.39 is 0 Å². The number of rotatable bonds is 5. The normalized spacial score (nSPS) is 17.2. The van der Waals surface area contributed by atoms with E-state index in [1.807, 2.05) is 36.5 Å². The van der Waals surface area contributed by atoms with Gasteiger partial charge in [-0.15, -0.1) is 0 Å². The van der Waals surface area contributed by atoms with Crippen LogP contribution in [-0.2, 0) is 13.0 Å². The summed E-state index contributed by atoms with van der Waals surface area (Å²) in [5.41, 5.74) is 2.82.